The summed E-state index contributed by atoms with van der Waals surface area (Å²) in [7, 11) is 0. The molecule has 0 fully saturated rings. The molecule has 0 aliphatic heterocycles. The quantitative estimate of drug-likeness (QED) is 0.487. The first-order valence-electron chi connectivity index (χ1n) is 9.31. The van der Waals surface area contributed by atoms with Crippen LogP contribution in [0.4, 0.5) is 5.69 Å². The van der Waals surface area contributed by atoms with Gasteiger partial charge in [0.25, 0.3) is 0 Å². The van der Waals surface area contributed by atoms with Crippen molar-refractivity contribution in [1.29, 1.82) is 0 Å². The minimum absolute atomic E-state index is 0.452. The molecule has 0 atom stereocenters. The van der Waals surface area contributed by atoms with Crippen LogP contribution in [-0.4, -0.2) is 21.7 Å². The summed E-state index contributed by atoms with van der Waals surface area (Å²) in [5.41, 5.74) is 2.87. The first kappa shape index (κ1) is 20.2. The predicted octanol–water partition coefficient (Wildman–Crippen LogP) is 5.14. The number of nitrogens with zero attached hydrogens (tertiary/aromatic N) is 4. The topological polar surface area (TPSA) is 64.3 Å². The zero-order chi connectivity index (χ0) is 20.1. The van der Waals surface area contributed by atoms with Crippen molar-refractivity contribution in [2.75, 3.05) is 10.8 Å². The lowest BCUT2D eigenvalue weighted by Gasteiger charge is -2.24. The summed E-state index contributed by atoms with van der Waals surface area (Å²) >= 11 is 1.68. The van der Waals surface area contributed by atoms with Crippen LogP contribution in [0.3, 0.4) is 0 Å². The summed E-state index contributed by atoms with van der Waals surface area (Å²) in [6.07, 6.45) is 3.75. The van der Waals surface area contributed by atoms with E-state index in [-0.39, 0.29) is 0 Å². The Labute approximate surface area is 170 Å². The third-order valence-corrected chi connectivity index (χ3v) is 5.25. The van der Waals surface area contributed by atoms with Gasteiger partial charge >= 0.3 is 0 Å². The number of aromatic nitrogens is 3. The van der Waals surface area contributed by atoms with Crippen LogP contribution < -0.4 is 9.04 Å². The zero-order valence-corrected chi connectivity index (χ0v) is 17.8. The second kappa shape index (κ2) is 9.10. The van der Waals surface area contributed by atoms with E-state index >= 15 is 0 Å². The van der Waals surface area contributed by atoms with Gasteiger partial charge in [-0.05, 0) is 62.9 Å². The standard InChI is InChI=1S/C21H26N4O2S/c1-14(2)12-25(18-10-22-17(5)23-11-18)28-20-8-6-19(7-9-20)26-13-21-15(3)24-27-16(21)4/h6-11,14H,12-13H2,1-5H3. The SMILES string of the molecule is Cc1ncc(N(CC(C)C)Sc2ccc(OCc3c(C)noc3C)cc2)cn1. The molecule has 1 aromatic carbocycles. The molecule has 0 spiro atoms. The molecule has 0 radical (unpaired) electrons. The molecule has 3 aromatic rings. The lowest BCUT2D eigenvalue weighted by Crippen LogP contribution is -2.20. The van der Waals surface area contributed by atoms with Gasteiger partial charge in [-0.15, -0.1) is 0 Å². The zero-order valence-electron chi connectivity index (χ0n) is 17.0. The molecular weight excluding hydrogens is 372 g/mol. The number of rotatable bonds is 8. The van der Waals surface area contributed by atoms with E-state index in [1.807, 2.05) is 45.3 Å². The van der Waals surface area contributed by atoms with Gasteiger partial charge in [0.1, 0.15) is 23.9 Å². The molecule has 0 saturated carbocycles. The normalized spacial score (nSPS) is 11.1. The number of aryl methyl sites for hydroxylation is 3. The molecule has 0 aliphatic rings. The van der Waals surface area contributed by atoms with Crippen LogP contribution in [0.1, 0.15) is 36.7 Å². The molecule has 2 heterocycles. The third-order valence-electron chi connectivity index (χ3n) is 4.19. The molecule has 0 amide bonds. The Morgan fingerprint density at radius 1 is 1.07 bits per heavy atom. The average Bonchev–Trinajstić information content (AvgIpc) is 2.99. The van der Waals surface area contributed by atoms with E-state index in [1.54, 1.807) is 11.9 Å². The Bertz CT molecular complexity index is 872. The monoisotopic (exact) mass is 398 g/mol. The second-order valence-electron chi connectivity index (χ2n) is 7.10. The summed E-state index contributed by atoms with van der Waals surface area (Å²) in [4.78, 5) is 9.78. The van der Waals surface area contributed by atoms with Gasteiger partial charge in [-0.2, -0.15) is 0 Å². The lowest BCUT2D eigenvalue weighted by atomic mass is 10.2. The van der Waals surface area contributed by atoms with E-state index in [9.17, 15) is 0 Å². The fraction of sp³-hybridized carbons (Fsp3) is 0.381. The van der Waals surface area contributed by atoms with Crippen LogP contribution in [0.5, 0.6) is 5.75 Å². The molecule has 148 valence electrons. The number of benzene rings is 1. The summed E-state index contributed by atoms with van der Waals surface area (Å²) in [6.45, 7) is 11.5. The van der Waals surface area contributed by atoms with Gasteiger partial charge in [-0.1, -0.05) is 19.0 Å². The number of hydrogen-bond acceptors (Lipinski definition) is 7. The molecular formula is C21H26N4O2S. The molecule has 0 N–H and O–H groups in total. The van der Waals surface area contributed by atoms with Crippen molar-refractivity contribution >= 4 is 17.6 Å². The fourth-order valence-electron chi connectivity index (χ4n) is 2.63. The summed E-state index contributed by atoms with van der Waals surface area (Å²) in [6, 6.07) is 8.10. The highest BCUT2D eigenvalue weighted by Crippen LogP contribution is 2.30. The summed E-state index contributed by atoms with van der Waals surface area (Å²) in [5, 5.41) is 3.96. The van der Waals surface area contributed by atoms with E-state index in [2.05, 4.69) is 45.4 Å². The summed E-state index contributed by atoms with van der Waals surface area (Å²) in [5.74, 6) is 2.91. The highest BCUT2D eigenvalue weighted by molar-refractivity contribution is 8.00. The van der Waals surface area contributed by atoms with Crippen LogP contribution in [0.2, 0.25) is 0 Å². The first-order chi connectivity index (χ1) is 13.4. The minimum atomic E-state index is 0.452. The number of hydrogen-bond donors (Lipinski definition) is 0. The maximum atomic E-state index is 5.89. The van der Waals surface area contributed by atoms with E-state index in [0.717, 1.165) is 45.7 Å². The van der Waals surface area contributed by atoms with Gasteiger partial charge < -0.3 is 13.6 Å². The number of ether oxygens (including phenoxy) is 1. The van der Waals surface area contributed by atoms with Gasteiger partial charge in [0.05, 0.1) is 29.3 Å². The van der Waals surface area contributed by atoms with Crippen LogP contribution in [0.15, 0.2) is 46.1 Å². The largest absolute Gasteiger partial charge is 0.489 e. The Morgan fingerprint density at radius 2 is 1.75 bits per heavy atom. The highest BCUT2D eigenvalue weighted by Gasteiger charge is 2.13. The smallest absolute Gasteiger partial charge is 0.140 e. The highest BCUT2D eigenvalue weighted by atomic mass is 32.2. The maximum absolute atomic E-state index is 5.89. The molecule has 6 nitrogen and oxygen atoms in total. The van der Waals surface area contributed by atoms with Gasteiger partial charge in [-0.3, -0.25) is 0 Å². The fourth-order valence-corrected chi connectivity index (χ4v) is 3.71. The molecule has 2 aromatic heterocycles. The van der Waals surface area contributed by atoms with Crippen molar-refractivity contribution < 1.29 is 9.26 Å². The molecule has 3 rings (SSSR count). The summed E-state index contributed by atoms with van der Waals surface area (Å²) < 4.78 is 13.3. The Kier molecular flexibility index (Phi) is 6.57. The van der Waals surface area contributed by atoms with Gasteiger partial charge in [-0.25, -0.2) is 9.97 Å². The molecule has 7 heteroatoms. The van der Waals surface area contributed by atoms with Crippen molar-refractivity contribution in [3.8, 4) is 5.75 Å². The van der Waals surface area contributed by atoms with Crippen molar-refractivity contribution in [1.82, 2.24) is 15.1 Å². The van der Waals surface area contributed by atoms with Gasteiger partial charge in [0, 0.05) is 11.4 Å². The van der Waals surface area contributed by atoms with Crippen LogP contribution in [-0.2, 0) is 6.61 Å². The average molecular weight is 399 g/mol. The Hall–Kier alpha value is -2.54. The second-order valence-corrected chi connectivity index (χ2v) is 8.19. The number of anilines is 1. The third kappa shape index (κ3) is 5.25. The maximum Gasteiger partial charge on any atom is 0.140 e. The first-order valence-corrected chi connectivity index (χ1v) is 10.1. The van der Waals surface area contributed by atoms with Crippen molar-refractivity contribution in [3.63, 3.8) is 0 Å². The molecule has 0 bridgehead atoms. The molecule has 0 unspecified atom stereocenters. The van der Waals surface area contributed by atoms with E-state index in [0.29, 0.717) is 12.5 Å². The van der Waals surface area contributed by atoms with Crippen molar-refractivity contribution in [2.24, 2.45) is 5.92 Å². The molecule has 0 saturated heterocycles. The van der Waals surface area contributed by atoms with Crippen molar-refractivity contribution in [2.45, 2.75) is 46.1 Å². The van der Waals surface area contributed by atoms with Crippen LogP contribution >= 0.6 is 11.9 Å². The lowest BCUT2D eigenvalue weighted by molar-refractivity contribution is 0.301. The van der Waals surface area contributed by atoms with Crippen LogP contribution in [0.25, 0.3) is 0 Å². The van der Waals surface area contributed by atoms with Gasteiger partial charge in [0.2, 0.25) is 0 Å². The van der Waals surface area contributed by atoms with Gasteiger partial charge in [0.15, 0.2) is 0 Å². The van der Waals surface area contributed by atoms with E-state index < -0.39 is 0 Å². The van der Waals surface area contributed by atoms with E-state index in [4.69, 9.17) is 9.26 Å². The van der Waals surface area contributed by atoms with Crippen molar-refractivity contribution in [3.05, 3.63) is 59.5 Å². The minimum Gasteiger partial charge on any atom is -0.489 e. The Balaban J connectivity index is 1.66. The Morgan fingerprint density at radius 3 is 2.32 bits per heavy atom. The van der Waals surface area contributed by atoms with E-state index in [1.165, 1.54) is 0 Å². The predicted molar refractivity (Wildman–Crippen MR) is 112 cm³/mol. The molecule has 0 aliphatic carbocycles. The van der Waals surface area contributed by atoms with Crippen LogP contribution in [0, 0.1) is 26.7 Å². The molecule has 28 heavy (non-hydrogen) atoms.